The molecule has 84 valence electrons. The molecule has 0 saturated carbocycles. The van der Waals surface area contributed by atoms with Crippen molar-refractivity contribution in [2.45, 2.75) is 6.92 Å². The molecule has 0 radical (unpaired) electrons. The molecule has 0 fully saturated rings. The Hall–Kier alpha value is -2.10. The summed E-state index contributed by atoms with van der Waals surface area (Å²) in [5.74, 6) is -1.38. The number of hydrogen-bond acceptors (Lipinski definition) is 2. The van der Waals surface area contributed by atoms with Crippen LogP contribution in [0.3, 0.4) is 0 Å². The molecule has 0 aliphatic heterocycles. The maximum atomic E-state index is 11.7. The largest absolute Gasteiger partial charge is 0.480 e. The van der Waals surface area contributed by atoms with Crippen LogP contribution in [-0.2, 0) is 9.59 Å². The van der Waals surface area contributed by atoms with Gasteiger partial charge in [0.25, 0.3) is 5.91 Å². The second-order valence-electron chi connectivity index (χ2n) is 3.15. The SMILES string of the molecule is C/C=C/C(=O)N(CC(=O)O)c1ccccc1. The van der Waals surface area contributed by atoms with Crippen molar-refractivity contribution in [3.63, 3.8) is 0 Å². The monoisotopic (exact) mass is 219 g/mol. The van der Waals surface area contributed by atoms with E-state index >= 15 is 0 Å². The van der Waals surface area contributed by atoms with Crippen molar-refractivity contribution in [2.24, 2.45) is 0 Å². The first kappa shape index (κ1) is 12.0. The third-order valence-electron chi connectivity index (χ3n) is 1.94. The number of aliphatic carboxylic acids is 1. The van der Waals surface area contributed by atoms with Gasteiger partial charge in [0.05, 0.1) is 0 Å². The first-order valence-corrected chi connectivity index (χ1v) is 4.86. The Morgan fingerprint density at radius 3 is 2.44 bits per heavy atom. The van der Waals surface area contributed by atoms with Crippen LogP contribution in [0.1, 0.15) is 6.92 Å². The van der Waals surface area contributed by atoms with E-state index in [0.29, 0.717) is 5.69 Å². The molecular weight excluding hydrogens is 206 g/mol. The molecule has 16 heavy (non-hydrogen) atoms. The van der Waals surface area contributed by atoms with E-state index in [1.165, 1.54) is 11.0 Å². The topological polar surface area (TPSA) is 57.6 Å². The lowest BCUT2D eigenvalue weighted by Gasteiger charge is -2.18. The molecule has 0 aliphatic carbocycles. The molecule has 1 aromatic rings. The molecular formula is C12H13NO3. The number of nitrogens with zero attached hydrogens (tertiary/aromatic N) is 1. The molecule has 4 heteroatoms. The normalized spacial score (nSPS) is 10.3. The molecule has 0 spiro atoms. The van der Waals surface area contributed by atoms with E-state index in [4.69, 9.17) is 5.11 Å². The van der Waals surface area contributed by atoms with Crippen LogP contribution in [0.25, 0.3) is 0 Å². The van der Waals surface area contributed by atoms with Gasteiger partial charge < -0.3 is 5.11 Å². The van der Waals surface area contributed by atoms with Crippen LogP contribution in [0.4, 0.5) is 5.69 Å². The number of hydrogen-bond donors (Lipinski definition) is 1. The average molecular weight is 219 g/mol. The predicted molar refractivity (Wildman–Crippen MR) is 61.2 cm³/mol. The molecule has 1 N–H and O–H groups in total. The molecule has 0 aromatic heterocycles. The van der Waals surface area contributed by atoms with Crippen LogP contribution in [-0.4, -0.2) is 23.5 Å². The van der Waals surface area contributed by atoms with E-state index in [1.54, 1.807) is 37.3 Å². The zero-order chi connectivity index (χ0) is 12.0. The molecule has 0 saturated heterocycles. The summed E-state index contributed by atoms with van der Waals surface area (Å²) in [6.07, 6.45) is 2.93. The number of allylic oxidation sites excluding steroid dienone is 1. The predicted octanol–water partition coefficient (Wildman–Crippen LogP) is 1.68. The van der Waals surface area contributed by atoms with Crippen molar-refractivity contribution in [3.8, 4) is 0 Å². The third-order valence-corrected chi connectivity index (χ3v) is 1.94. The summed E-state index contributed by atoms with van der Waals surface area (Å²) in [6.45, 7) is 1.37. The van der Waals surface area contributed by atoms with Crippen molar-refractivity contribution >= 4 is 17.6 Å². The molecule has 1 rings (SSSR count). The first-order chi connectivity index (χ1) is 7.65. The Morgan fingerprint density at radius 2 is 1.94 bits per heavy atom. The minimum Gasteiger partial charge on any atom is -0.480 e. The first-order valence-electron chi connectivity index (χ1n) is 4.86. The fraction of sp³-hybridized carbons (Fsp3) is 0.167. The van der Waals surface area contributed by atoms with Crippen LogP contribution < -0.4 is 4.90 Å². The number of para-hydroxylation sites is 1. The highest BCUT2D eigenvalue weighted by Crippen LogP contribution is 2.13. The fourth-order valence-corrected chi connectivity index (χ4v) is 1.27. The highest BCUT2D eigenvalue weighted by atomic mass is 16.4. The number of carbonyl (C=O) groups is 2. The van der Waals surface area contributed by atoms with Gasteiger partial charge in [-0.25, -0.2) is 0 Å². The zero-order valence-corrected chi connectivity index (χ0v) is 8.96. The summed E-state index contributed by atoms with van der Waals surface area (Å²) in [6, 6.07) is 8.72. The van der Waals surface area contributed by atoms with Crippen molar-refractivity contribution in [1.29, 1.82) is 0 Å². The fourth-order valence-electron chi connectivity index (χ4n) is 1.27. The van der Waals surface area contributed by atoms with E-state index < -0.39 is 5.97 Å². The van der Waals surface area contributed by atoms with Gasteiger partial charge in [-0.15, -0.1) is 0 Å². The second-order valence-corrected chi connectivity index (χ2v) is 3.15. The van der Waals surface area contributed by atoms with Gasteiger partial charge in [0, 0.05) is 5.69 Å². The second kappa shape index (κ2) is 5.70. The van der Waals surface area contributed by atoms with Crippen LogP contribution in [0.5, 0.6) is 0 Å². The van der Waals surface area contributed by atoms with Gasteiger partial charge in [0.2, 0.25) is 0 Å². The van der Waals surface area contributed by atoms with Gasteiger partial charge in [-0.2, -0.15) is 0 Å². The maximum absolute atomic E-state index is 11.7. The maximum Gasteiger partial charge on any atom is 0.323 e. The summed E-state index contributed by atoms with van der Waals surface area (Å²) < 4.78 is 0. The van der Waals surface area contributed by atoms with Gasteiger partial charge in [0.15, 0.2) is 0 Å². The Bertz CT molecular complexity index is 398. The number of carboxylic acid groups (broad SMARTS) is 1. The Balaban J connectivity index is 2.96. The summed E-state index contributed by atoms with van der Waals surface area (Å²) >= 11 is 0. The summed E-state index contributed by atoms with van der Waals surface area (Å²) in [4.78, 5) is 23.5. The smallest absolute Gasteiger partial charge is 0.323 e. The van der Waals surface area contributed by atoms with Crippen LogP contribution >= 0.6 is 0 Å². The lowest BCUT2D eigenvalue weighted by Crippen LogP contribution is -2.34. The molecule has 1 amide bonds. The number of carboxylic acids is 1. The van der Waals surface area contributed by atoms with E-state index in [9.17, 15) is 9.59 Å². The molecule has 1 aromatic carbocycles. The van der Waals surface area contributed by atoms with Gasteiger partial charge >= 0.3 is 5.97 Å². The summed E-state index contributed by atoms with van der Waals surface area (Å²) in [5.41, 5.74) is 0.577. The van der Waals surface area contributed by atoms with Gasteiger partial charge in [-0.05, 0) is 25.1 Å². The van der Waals surface area contributed by atoms with Crippen molar-refractivity contribution < 1.29 is 14.7 Å². The number of benzene rings is 1. The Kier molecular flexibility index (Phi) is 4.27. The van der Waals surface area contributed by atoms with Crippen molar-refractivity contribution in [3.05, 3.63) is 42.5 Å². The van der Waals surface area contributed by atoms with E-state index in [-0.39, 0.29) is 12.5 Å². The zero-order valence-electron chi connectivity index (χ0n) is 8.96. The number of rotatable bonds is 4. The van der Waals surface area contributed by atoms with Crippen molar-refractivity contribution in [1.82, 2.24) is 0 Å². The van der Waals surface area contributed by atoms with Crippen molar-refractivity contribution in [2.75, 3.05) is 11.4 Å². The Morgan fingerprint density at radius 1 is 1.31 bits per heavy atom. The van der Waals surface area contributed by atoms with Crippen LogP contribution in [0, 0.1) is 0 Å². The highest BCUT2D eigenvalue weighted by Gasteiger charge is 2.15. The highest BCUT2D eigenvalue weighted by molar-refractivity contribution is 6.03. The molecule has 0 unspecified atom stereocenters. The minimum absolute atomic E-state index is 0.337. The van der Waals surface area contributed by atoms with E-state index in [2.05, 4.69) is 0 Å². The molecule has 4 nitrogen and oxygen atoms in total. The Labute approximate surface area is 93.8 Å². The lowest BCUT2D eigenvalue weighted by molar-refractivity contribution is -0.136. The molecule has 0 atom stereocenters. The van der Waals surface area contributed by atoms with Crippen LogP contribution in [0.15, 0.2) is 42.5 Å². The van der Waals surface area contributed by atoms with E-state index in [0.717, 1.165) is 0 Å². The number of carbonyl (C=O) groups excluding carboxylic acids is 1. The van der Waals surface area contributed by atoms with Gasteiger partial charge in [-0.3, -0.25) is 14.5 Å². The minimum atomic E-state index is -1.04. The molecule has 0 bridgehead atoms. The molecule has 0 aliphatic rings. The number of anilines is 1. The van der Waals surface area contributed by atoms with Crippen LogP contribution in [0.2, 0.25) is 0 Å². The quantitative estimate of drug-likeness (QED) is 0.784. The lowest BCUT2D eigenvalue weighted by atomic mass is 10.2. The summed E-state index contributed by atoms with van der Waals surface area (Å²) in [5, 5.41) is 8.74. The average Bonchev–Trinajstić information content (AvgIpc) is 2.27. The van der Waals surface area contributed by atoms with Gasteiger partial charge in [-0.1, -0.05) is 24.3 Å². The molecule has 0 heterocycles. The van der Waals surface area contributed by atoms with E-state index in [1.807, 2.05) is 6.07 Å². The standard InChI is InChI=1S/C12H13NO3/c1-2-6-11(14)13(9-12(15)16)10-7-4-3-5-8-10/h2-8H,9H2,1H3,(H,15,16)/b6-2+. The number of amides is 1. The third kappa shape index (κ3) is 3.24. The van der Waals surface area contributed by atoms with Gasteiger partial charge in [0.1, 0.15) is 6.54 Å². The summed E-state index contributed by atoms with van der Waals surface area (Å²) in [7, 11) is 0.